The van der Waals surface area contributed by atoms with Crippen molar-refractivity contribution < 1.29 is 18.3 Å². The van der Waals surface area contributed by atoms with E-state index >= 15 is 0 Å². The number of amides is 1. The van der Waals surface area contributed by atoms with E-state index in [1.807, 2.05) is 6.07 Å². The second kappa shape index (κ2) is 7.14. The number of aromatic nitrogens is 3. The Bertz CT molecular complexity index is 952. The average molecular weight is 370 g/mol. The van der Waals surface area contributed by atoms with E-state index in [4.69, 9.17) is 4.74 Å². The molecule has 8 heteroatoms. The van der Waals surface area contributed by atoms with Crippen molar-refractivity contribution in [3.63, 3.8) is 0 Å². The molecule has 1 aliphatic heterocycles. The topological polar surface area (TPSA) is 69.0 Å². The summed E-state index contributed by atoms with van der Waals surface area (Å²) >= 11 is 0. The van der Waals surface area contributed by atoms with Crippen LogP contribution in [0.4, 0.5) is 8.78 Å². The maximum Gasteiger partial charge on any atom is 0.272 e. The van der Waals surface area contributed by atoms with Gasteiger partial charge in [-0.15, -0.1) is 0 Å². The van der Waals surface area contributed by atoms with E-state index in [0.29, 0.717) is 18.7 Å². The van der Waals surface area contributed by atoms with Crippen LogP contribution in [0.25, 0.3) is 0 Å². The largest absolute Gasteiger partial charge is 0.486 e. The van der Waals surface area contributed by atoms with Crippen molar-refractivity contribution in [3.8, 4) is 5.75 Å². The van der Waals surface area contributed by atoms with Crippen LogP contribution in [0.15, 0.2) is 48.8 Å². The molecule has 0 unspecified atom stereocenters. The zero-order chi connectivity index (χ0) is 18.8. The summed E-state index contributed by atoms with van der Waals surface area (Å²) in [4.78, 5) is 16.3. The van der Waals surface area contributed by atoms with Gasteiger partial charge in [0.05, 0.1) is 12.7 Å². The summed E-state index contributed by atoms with van der Waals surface area (Å²) in [6.07, 6.45) is 3.86. The number of carbonyl (C=O) groups excluding carboxylic acids is 1. The molecule has 4 rings (SSSR count). The van der Waals surface area contributed by atoms with Crippen LogP contribution in [0.3, 0.4) is 0 Å². The molecule has 0 radical (unpaired) electrons. The minimum absolute atomic E-state index is 0.0739. The van der Waals surface area contributed by atoms with Crippen molar-refractivity contribution in [2.45, 2.75) is 25.6 Å². The van der Waals surface area contributed by atoms with Crippen LogP contribution in [-0.4, -0.2) is 26.8 Å². The van der Waals surface area contributed by atoms with Crippen LogP contribution in [0.5, 0.6) is 5.75 Å². The quantitative estimate of drug-likeness (QED) is 0.749. The number of nitrogens with zero attached hydrogens (tertiary/aromatic N) is 3. The third-order valence-corrected chi connectivity index (χ3v) is 4.29. The van der Waals surface area contributed by atoms with Crippen LogP contribution >= 0.6 is 0 Å². The van der Waals surface area contributed by atoms with E-state index in [1.165, 1.54) is 0 Å². The molecule has 27 heavy (non-hydrogen) atoms. The van der Waals surface area contributed by atoms with Gasteiger partial charge in [-0.3, -0.25) is 14.5 Å². The predicted octanol–water partition coefficient (Wildman–Crippen LogP) is 2.49. The van der Waals surface area contributed by atoms with E-state index in [-0.39, 0.29) is 23.9 Å². The molecule has 3 aromatic rings. The molecule has 0 saturated carbocycles. The number of ether oxygens (including phenoxy) is 1. The molecule has 138 valence electrons. The zero-order valence-electron chi connectivity index (χ0n) is 14.2. The lowest BCUT2D eigenvalue weighted by molar-refractivity contribution is 0.0943. The number of carbonyl (C=O) groups is 1. The van der Waals surface area contributed by atoms with E-state index in [2.05, 4.69) is 15.4 Å². The Morgan fingerprint density at radius 3 is 2.96 bits per heavy atom. The summed E-state index contributed by atoms with van der Waals surface area (Å²) in [5.41, 5.74) is 1.20. The highest BCUT2D eigenvalue weighted by Gasteiger charge is 2.26. The van der Waals surface area contributed by atoms with Gasteiger partial charge in [-0.2, -0.15) is 5.10 Å². The number of benzene rings is 1. The SMILES string of the molecule is O=C(NCc1cc(F)ccc1F)c1cc2n(n1)C[C@@H](Oc1cccnc1)C2. The number of halogens is 2. The standard InChI is InChI=1S/C19H16F2N4O2/c20-13-3-4-17(21)12(6-13)9-23-19(26)18-8-14-7-16(11-25(14)24-18)27-15-2-1-5-22-10-15/h1-6,8,10,16H,7,9,11H2,(H,23,26)/t16-/m0/s1. The molecule has 0 aliphatic carbocycles. The highest BCUT2D eigenvalue weighted by molar-refractivity contribution is 5.92. The fourth-order valence-corrected chi connectivity index (χ4v) is 3.01. The number of fused-ring (bicyclic) bond motifs is 1. The molecular weight excluding hydrogens is 354 g/mol. The van der Waals surface area contributed by atoms with Gasteiger partial charge in [0, 0.05) is 30.4 Å². The van der Waals surface area contributed by atoms with Crippen LogP contribution in [0, 0.1) is 11.6 Å². The van der Waals surface area contributed by atoms with Crippen LogP contribution in [-0.2, 0) is 19.5 Å². The Hall–Kier alpha value is -3.29. The first-order chi connectivity index (χ1) is 13.1. The average Bonchev–Trinajstić information content (AvgIpc) is 3.21. The van der Waals surface area contributed by atoms with Gasteiger partial charge in [0.25, 0.3) is 5.91 Å². The van der Waals surface area contributed by atoms with Gasteiger partial charge < -0.3 is 10.1 Å². The predicted molar refractivity (Wildman–Crippen MR) is 92.1 cm³/mol. The third-order valence-electron chi connectivity index (χ3n) is 4.29. The first kappa shape index (κ1) is 17.1. The highest BCUT2D eigenvalue weighted by atomic mass is 19.1. The molecule has 1 aliphatic rings. The lowest BCUT2D eigenvalue weighted by Gasteiger charge is -2.12. The van der Waals surface area contributed by atoms with E-state index in [1.54, 1.807) is 29.2 Å². The summed E-state index contributed by atoms with van der Waals surface area (Å²) in [5.74, 6) is -0.880. The fourth-order valence-electron chi connectivity index (χ4n) is 3.01. The first-order valence-corrected chi connectivity index (χ1v) is 8.44. The Labute approximate surface area is 153 Å². The van der Waals surface area contributed by atoms with Crippen molar-refractivity contribution in [3.05, 3.63) is 77.4 Å². The van der Waals surface area contributed by atoms with Gasteiger partial charge in [0.1, 0.15) is 29.2 Å². The normalized spacial score (nSPS) is 15.4. The van der Waals surface area contributed by atoms with Crippen molar-refractivity contribution in [1.29, 1.82) is 0 Å². The van der Waals surface area contributed by atoms with Crippen molar-refractivity contribution >= 4 is 5.91 Å². The minimum Gasteiger partial charge on any atom is -0.486 e. The van der Waals surface area contributed by atoms with Crippen molar-refractivity contribution in [2.24, 2.45) is 0 Å². The molecule has 0 spiro atoms. The third kappa shape index (κ3) is 3.79. The molecule has 1 N–H and O–H groups in total. The molecule has 3 heterocycles. The van der Waals surface area contributed by atoms with E-state index < -0.39 is 17.5 Å². The van der Waals surface area contributed by atoms with Gasteiger partial charge in [-0.25, -0.2) is 8.78 Å². The van der Waals surface area contributed by atoms with Crippen molar-refractivity contribution in [2.75, 3.05) is 0 Å². The number of rotatable bonds is 5. The minimum atomic E-state index is -0.570. The van der Waals surface area contributed by atoms with Gasteiger partial charge in [0.15, 0.2) is 0 Å². The lowest BCUT2D eigenvalue weighted by atomic mass is 10.2. The van der Waals surface area contributed by atoms with Crippen LogP contribution in [0.2, 0.25) is 0 Å². The maximum absolute atomic E-state index is 13.6. The van der Waals surface area contributed by atoms with Crippen LogP contribution in [0.1, 0.15) is 21.7 Å². The molecular formula is C19H16F2N4O2. The summed E-state index contributed by atoms with van der Waals surface area (Å²) in [6, 6.07) is 8.44. The van der Waals surface area contributed by atoms with Gasteiger partial charge in [-0.05, 0) is 36.4 Å². The summed E-state index contributed by atoms with van der Waals surface area (Å²) < 4.78 is 34.4. The maximum atomic E-state index is 13.6. The number of pyridine rings is 1. The molecule has 2 aromatic heterocycles. The molecule has 1 amide bonds. The van der Waals surface area contributed by atoms with Crippen molar-refractivity contribution in [1.82, 2.24) is 20.1 Å². The molecule has 0 bridgehead atoms. The van der Waals surface area contributed by atoms with E-state index in [0.717, 1.165) is 23.9 Å². The summed E-state index contributed by atoms with van der Waals surface area (Å²) in [6.45, 7) is 0.410. The molecule has 1 atom stereocenters. The molecule has 0 saturated heterocycles. The highest BCUT2D eigenvalue weighted by Crippen LogP contribution is 2.21. The Morgan fingerprint density at radius 1 is 1.30 bits per heavy atom. The van der Waals surface area contributed by atoms with Crippen LogP contribution < -0.4 is 10.1 Å². The fraction of sp³-hybridized carbons (Fsp3) is 0.211. The van der Waals surface area contributed by atoms with Gasteiger partial charge in [-0.1, -0.05) is 0 Å². The van der Waals surface area contributed by atoms with Gasteiger partial charge in [0.2, 0.25) is 0 Å². The Kier molecular flexibility index (Phi) is 4.53. The zero-order valence-corrected chi connectivity index (χ0v) is 14.2. The monoisotopic (exact) mass is 370 g/mol. The second-order valence-electron chi connectivity index (χ2n) is 6.25. The molecule has 1 aromatic carbocycles. The number of hydrogen-bond donors (Lipinski definition) is 1. The smallest absolute Gasteiger partial charge is 0.272 e. The summed E-state index contributed by atoms with van der Waals surface area (Å²) in [7, 11) is 0. The summed E-state index contributed by atoms with van der Waals surface area (Å²) in [5, 5.41) is 6.84. The Morgan fingerprint density at radius 2 is 2.19 bits per heavy atom. The number of hydrogen-bond acceptors (Lipinski definition) is 4. The lowest BCUT2D eigenvalue weighted by Crippen LogP contribution is -2.25. The van der Waals surface area contributed by atoms with E-state index in [9.17, 15) is 13.6 Å². The first-order valence-electron chi connectivity index (χ1n) is 8.44. The second-order valence-corrected chi connectivity index (χ2v) is 6.25. The number of nitrogens with one attached hydrogen (secondary N) is 1. The molecule has 0 fully saturated rings. The molecule has 6 nitrogen and oxygen atoms in total. The van der Waals surface area contributed by atoms with Gasteiger partial charge >= 0.3 is 0 Å². The Balaban J connectivity index is 1.36.